The molecule has 0 atom stereocenters. The summed E-state index contributed by atoms with van der Waals surface area (Å²) in [5, 5.41) is 3.53. The summed E-state index contributed by atoms with van der Waals surface area (Å²) in [6, 6.07) is 0.623. The number of nitrogens with zero attached hydrogens (tertiary/aromatic N) is 1. The van der Waals surface area contributed by atoms with Crippen LogP contribution >= 0.6 is 0 Å². The lowest BCUT2D eigenvalue weighted by molar-refractivity contribution is -0.140. The lowest BCUT2D eigenvalue weighted by Gasteiger charge is -2.12. The molecule has 0 saturated carbocycles. The molecule has 0 spiro atoms. The molecular formula is C7H5F5N2O2S. The number of pyridine rings is 1. The molecule has 0 saturated heterocycles. The van der Waals surface area contributed by atoms with Gasteiger partial charge < -0.3 is 0 Å². The molecule has 17 heavy (non-hydrogen) atoms. The molecule has 0 aliphatic heterocycles. The number of aromatic nitrogens is 1. The second kappa shape index (κ2) is 4.18. The van der Waals surface area contributed by atoms with Crippen molar-refractivity contribution in [2.75, 3.05) is 0 Å². The van der Waals surface area contributed by atoms with E-state index in [1.807, 2.05) is 0 Å². The maximum atomic E-state index is 12.3. The maximum Gasteiger partial charge on any atom is 0.418 e. The van der Waals surface area contributed by atoms with Gasteiger partial charge in [-0.05, 0) is 12.1 Å². The zero-order valence-corrected chi connectivity index (χ0v) is 8.69. The summed E-state index contributed by atoms with van der Waals surface area (Å²) in [5.74, 6) is 0. The molecule has 1 rings (SSSR count). The van der Waals surface area contributed by atoms with E-state index in [1.54, 1.807) is 0 Å². The van der Waals surface area contributed by atoms with Gasteiger partial charge in [-0.25, -0.2) is 27.3 Å². The number of primary sulfonamides is 1. The summed E-state index contributed by atoms with van der Waals surface area (Å²) in [4.78, 5) is 2.73. The minimum Gasteiger partial charge on any atom is -0.233 e. The summed E-state index contributed by atoms with van der Waals surface area (Å²) in [7, 11) is -4.43. The molecule has 96 valence electrons. The Kier molecular flexibility index (Phi) is 3.39. The van der Waals surface area contributed by atoms with Crippen molar-refractivity contribution in [2.24, 2.45) is 5.14 Å². The third-order valence-corrected chi connectivity index (χ3v) is 2.51. The third-order valence-electron chi connectivity index (χ3n) is 1.70. The summed E-state index contributed by atoms with van der Waals surface area (Å²) in [5.41, 5.74) is -3.36. The lowest BCUT2D eigenvalue weighted by atomic mass is 10.2. The molecule has 0 amide bonds. The van der Waals surface area contributed by atoms with E-state index < -0.39 is 38.9 Å². The molecular weight excluding hydrogens is 271 g/mol. The molecule has 0 radical (unpaired) electrons. The van der Waals surface area contributed by atoms with Crippen molar-refractivity contribution in [1.82, 2.24) is 4.98 Å². The molecule has 0 bridgehead atoms. The second-order valence-corrected chi connectivity index (χ2v) is 4.43. The Morgan fingerprint density at radius 2 is 1.76 bits per heavy atom. The fourth-order valence-electron chi connectivity index (χ4n) is 1.02. The Morgan fingerprint density at radius 1 is 1.24 bits per heavy atom. The smallest absolute Gasteiger partial charge is 0.233 e. The minimum absolute atomic E-state index is 0.203. The Balaban J connectivity index is 3.49. The van der Waals surface area contributed by atoms with E-state index in [9.17, 15) is 30.4 Å². The standard InChI is InChI=1S/C7H5F5N2O2S/c8-6(9)5-3(7(10,11)12)1-2-4(14-5)17(13,15)16/h1-2,6H,(H2,13,15,16). The van der Waals surface area contributed by atoms with Crippen molar-refractivity contribution < 1.29 is 30.4 Å². The largest absolute Gasteiger partial charge is 0.418 e. The summed E-state index contributed by atoms with van der Waals surface area (Å²) in [6.45, 7) is 0. The van der Waals surface area contributed by atoms with Gasteiger partial charge >= 0.3 is 6.18 Å². The quantitative estimate of drug-likeness (QED) is 0.835. The molecule has 0 aromatic carbocycles. The van der Waals surface area contributed by atoms with Gasteiger partial charge in [-0.15, -0.1) is 0 Å². The van der Waals surface area contributed by atoms with Crippen molar-refractivity contribution in [1.29, 1.82) is 0 Å². The van der Waals surface area contributed by atoms with Crippen LogP contribution in [0.1, 0.15) is 17.7 Å². The zero-order valence-electron chi connectivity index (χ0n) is 7.87. The predicted molar refractivity (Wildman–Crippen MR) is 45.6 cm³/mol. The van der Waals surface area contributed by atoms with Gasteiger partial charge in [-0.1, -0.05) is 0 Å². The molecule has 0 fully saturated rings. The van der Waals surface area contributed by atoms with Gasteiger partial charge in [-0.3, -0.25) is 0 Å². The minimum atomic E-state index is -5.05. The van der Waals surface area contributed by atoms with Crippen LogP contribution in [0, 0.1) is 0 Å². The van der Waals surface area contributed by atoms with Crippen molar-refractivity contribution in [2.45, 2.75) is 17.6 Å². The monoisotopic (exact) mass is 276 g/mol. The van der Waals surface area contributed by atoms with Gasteiger partial charge in [0.2, 0.25) is 0 Å². The highest BCUT2D eigenvalue weighted by Gasteiger charge is 2.37. The summed E-state index contributed by atoms with van der Waals surface area (Å²) >= 11 is 0. The average Bonchev–Trinajstić information content (AvgIpc) is 2.14. The van der Waals surface area contributed by atoms with Crippen LogP contribution in [0.5, 0.6) is 0 Å². The molecule has 1 heterocycles. The van der Waals surface area contributed by atoms with Gasteiger partial charge in [-0.2, -0.15) is 13.2 Å². The van der Waals surface area contributed by atoms with Crippen LogP contribution in [0.2, 0.25) is 0 Å². The van der Waals surface area contributed by atoms with E-state index in [4.69, 9.17) is 0 Å². The van der Waals surface area contributed by atoms with Gasteiger partial charge in [0.15, 0.2) is 5.03 Å². The summed E-state index contributed by atoms with van der Waals surface area (Å²) < 4.78 is 83.0. The fraction of sp³-hybridized carbons (Fsp3) is 0.286. The first-order valence-electron chi connectivity index (χ1n) is 3.92. The van der Waals surface area contributed by atoms with Crippen LogP contribution in [-0.2, 0) is 16.2 Å². The first-order valence-corrected chi connectivity index (χ1v) is 5.47. The second-order valence-electron chi connectivity index (χ2n) is 2.93. The van der Waals surface area contributed by atoms with Gasteiger partial charge in [0, 0.05) is 0 Å². The van der Waals surface area contributed by atoms with Crippen molar-refractivity contribution in [3.8, 4) is 0 Å². The van der Waals surface area contributed by atoms with Crippen molar-refractivity contribution in [3.05, 3.63) is 23.4 Å². The molecule has 1 aromatic heterocycles. The zero-order chi connectivity index (χ0) is 13.4. The Labute approximate surface area is 92.3 Å². The maximum absolute atomic E-state index is 12.3. The highest BCUT2D eigenvalue weighted by Crippen LogP contribution is 2.35. The van der Waals surface area contributed by atoms with Crippen LogP contribution in [0.3, 0.4) is 0 Å². The Hall–Kier alpha value is -1.29. The van der Waals surface area contributed by atoms with Crippen LogP contribution < -0.4 is 5.14 Å². The first kappa shape index (κ1) is 13.8. The molecule has 0 unspecified atom stereocenters. The highest BCUT2D eigenvalue weighted by atomic mass is 32.2. The van der Waals surface area contributed by atoms with Gasteiger partial charge in [0.25, 0.3) is 16.4 Å². The van der Waals surface area contributed by atoms with Gasteiger partial charge in [0.1, 0.15) is 5.69 Å². The normalized spacial score (nSPS) is 13.1. The van der Waals surface area contributed by atoms with E-state index in [0.717, 1.165) is 0 Å². The lowest BCUT2D eigenvalue weighted by Crippen LogP contribution is -2.18. The topological polar surface area (TPSA) is 73.1 Å². The van der Waals surface area contributed by atoms with Crippen LogP contribution in [0.25, 0.3) is 0 Å². The number of nitrogens with two attached hydrogens (primary N) is 1. The molecule has 0 aliphatic rings. The predicted octanol–water partition coefficient (Wildman–Crippen LogP) is 1.69. The number of alkyl halides is 5. The van der Waals surface area contributed by atoms with E-state index in [0.29, 0.717) is 6.07 Å². The van der Waals surface area contributed by atoms with E-state index in [2.05, 4.69) is 10.1 Å². The van der Waals surface area contributed by atoms with Crippen LogP contribution in [0.15, 0.2) is 17.2 Å². The number of rotatable bonds is 2. The highest BCUT2D eigenvalue weighted by molar-refractivity contribution is 7.89. The van der Waals surface area contributed by atoms with Crippen molar-refractivity contribution in [3.63, 3.8) is 0 Å². The number of halogens is 5. The molecule has 10 heteroatoms. The summed E-state index contributed by atoms with van der Waals surface area (Å²) in [6.07, 6.45) is -8.61. The number of hydrogen-bond donors (Lipinski definition) is 1. The molecule has 4 nitrogen and oxygen atoms in total. The number of hydrogen-bond acceptors (Lipinski definition) is 3. The Bertz CT molecular complexity index is 526. The first-order chi connectivity index (χ1) is 7.53. The van der Waals surface area contributed by atoms with Crippen LogP contribution in [0.4, 0.5) is 22.0 Å². The fourth-order valence-corrected chi connectivity index (χ4v) is 1.50. The van der Waals surface area contributed by atoms with E-state index in [-0.39, 0.29) is 6.07 Å². The molecule has 0 aliphatic carbocycles. The van der Waals surface area contributed by atoms with Crippen molar-refractivity contribution >= 4 is 10.0 Å². The van der Waals surface area contributed by atoms with Gasteiger partial charge in [0.05, 0.1) is 5.56 Å². The van der Waals surface area contributed by atoms with E-state index in [1.165, 1.54) is 0 Å². The van der Waals surface area contributed by atoms with Crippen LogP contribution in [-0.4, -0.2) is 13.4 Å². The Morgan fingerprint density at radius 3 is 2.12 bits per heavy atom. The van der Waals surface area contributed by atoms with E-state index >= 15 is 0 Å². The third kappa shape index (κ3) is 3.09. The number of sulfonamides is 1. The molecule has 1 aromatic rings. The SMILES string of the molecule is NS(=O)(=O)c1ccc(C(F)(F)F)c(C(F)F)n1. The molecule has 2 N–H and O–H groups in total. The average molecular weight is 276 g/mol.